The minimum absolute atomic E-state index is 0.0686. The summed E-state index contributed by atoms with van der Waals surface area (Å²) in [6, 6.07) is 6.49. The predicted molar refractivity (Wildman–Crippen MR) is 98.1 cm³/mol. The van der Waals surface area contributed by atoms with E-state index < -0.39 is 30.3 Å². The molecule has 2 rings (SSSR count). The molecule has 0 bridgehead atoms. The summed E-state index contributed by atoms with van der Waals surface area (Å²) in [6.07, 6.45) is 0. The molecule has 8 heteroatoms. The highest BCUT2D eigenvalue weighted by molar-refractivity contribution is 6.02. The van der Waals surface area contributed by atoms with E-state index in [0.29, 0.717) is 5.56 Å². The number of amides is 3. The number of halogens is 1. The zero-order valence-electron chi connectivity index (χ0n) is 15.6. The number of anilines is 1. The van der Waals surface area contributed by atoms with Crippen molar-refractivity contribution in [3.8, 4) is 0 Å². The van der Waals surface area contributed by atoms with Gasteiger partial charge in [-0.3, -0.25) is 10.1 Å². The Labute approximate surface area is 156 Å². The van der Waals surface area contributed by atoms with E-state index in [4.69, 9.17) is 4.74 Å². The minimum atomic E-state index is -0.917. The second kappa shape index (κ2) is 8.48. The van der Waals surface area contributed by atoms with Crippen molar-refractivity contribution >= 4 is 23.6 Å². The van der Waals surface area contributed by atoms with Gasteiger partial charge >= 0.3 is 12.0 Å². The molecule has 2 aromatic rings. The molecule has 1 aromatic carbocycles. The standard InChI is InChI=1S/C19H22FN3O4/c1-11(2)23-12(3)9-14(13(23)4)18(25)27-10-17(24)22-19(26)21-16-8-6-5-7-15(16)20/h5-9,11H,10H2,1-4H3,(H2,21,22,24,26). The molecular formula is C19H22FN3O4. The Balaban J connectivity index is 1.90. The van der Waals surface area contributed by atoms with Gasteiger partial charge in [-0.1, -0.05) is 12.1 Å². The molecular weight excluding hydrogens is 353 g/mol. The van der Waals surface area contributed by atoms with Gasteiger partial charge in [0, 0.05) is 17.4 Å². The van der Waals surface area contributed by atoms with Crippen LogP contribution < -0.4 is 10.6 Å². The number of para-hydroxylation sites is 1. The van der Waals surface area contributed by atoms with Crippen molar-refractivity contribution in [3.05, 3.63) is 53.1 Å². The van der Waals surface area contributed by atoms with Gasteiger partial charge in [-0.05, 0) is 45.9 Å². The van der Waals surface area contributed by atoms with E-state index in [9.17, 15) is 18.8 Å². The van der Waals surface area contributed by atoms with Gasteiger partial charge in [-0.2, -0.15) is 0 Å². The Hall–Kier alpha value is -3.16. The Bertz CT molecular complexity index is 874. The summed E-state index contributed by atoms with van der Waals surface area (Å²) in [7, 11) is 0. The van der Waals surface area contributed by atoms with Crippen LogP contribution in [0.1, 0.15) is 41.6 Å². The molecule has 0 aliphatic carbocycles. The maximum absolute atomic E-state index is 13.5. The second-order valence-electron chi connectivity index (χ2n) is 6.31. The van der Waals surface area contributed by atoms with E-state index in [2.05, 4.69) is 5.32 Å². The molecule has 0 atom stereocenters. The van der Waals surface area contributed by atoms with Crippen LogP contribution in [0.15, 0.2) is 30.3 Å². The average Bonchev–Trinajstić information content (AvgIpc) is 2.89. The second-order valence-corrected chi connectivity index (χ2v) is 6.31. The van der Waals surface area contributed by atoms with Crippen LogP contribution >= 0.6 is 0 Å². The van der Waals surface area contributed by atoms with Gasteiger partial charge in [-0.25, -0.2) is 14.0 Å². The first-order valence-electron chi connectivity index (χ1n) is 8.41. The molecule has 0 fully saturated rings. The molecule has 2 N–H and O–H groups in total. The molecule has 0 spiro atoms. The van der Waals surface area contributed by atoms with E-state index in [1.165, 1.54) is 24.3 Å². The van der Waals surface area contributed by atoms with Crippen molar-refractivity contribution in [1.82, 2.24) is 9.88 Å². The third-order valence-corrected chi connectivity index (χ3v) is 3.93. The molecule has 1 aromatic heterocycles. The number of ether oxygens (including phenoxy) is 1. The van der Waals surface area contributed by atoms with Crippen molar-refractivity contribution in [3.63, 3.8) is 0 Å². The van der Waals surface area contributed by atoms with Crippen LogP contribution in [0.25, 0.3) is 0 Å². The van der Waals surface area contributed by atoms with E-state index in [1.54, 1.807) is 13.0 Å². The maximum atomic E-state index is 13.5. The van der Waals surface area contributed by atoms with Crippen molar-refractivity contribution < 1.29 is 23.5 Å². The number of nitrogens with zero attached hydrogens (tertiary/aromatic N) is 1. The van der Waals surface area contributed by atoms with Crippen molar-refractivity contribution in [2.45, 2.75) is 33.7 Å². The van der Waals surface area contributed by atoms with Gasteiger partial charge in [0.1, 0.15) is 5.82 Å². The zero-order chi connectivity index (χ0) is 20.1. The van der Waals surface area contributed by atoms with E-state index >= 15 is 0 Å². The van der Waals surface area contributed by atoms with Crippen LogP contribution in [-0.2, 0) is 9.53 Å². The van der Waals surface area contributed by atoms with Crippen LogP contribution in [0.5, 0.6) is 0 Å². The van der Waals surface area contributed by atoms with Gasteiger partial charge in [0.15, 0.2) is 6.61 Å². The molecule has 0 radical (unpaired) electrons. The summed E-state index contributed by atoms with van der Waals surface area (Å²) in [5.41, 5.74) is 1.94. The fourth-order valence-electron chi connectivity index (χ4n) is 2.87. The molecule has 0 unspecified atom stereocenters. The molecule has 0 aliphatic rings. The van der Waals surface area contributed by atoms with E-state index in [1.807, 2.05) is 30.7 Å². The fraction of sp³-hybridized carbons (Fsp3) is 0.316. The topological polar surface area (TPSA) is 89.4 Å². The van der Waals surface area contributed by atoms with Crippen LogP contribution in [0.4, 0.5) is 14.9 Å². The number of esters is 1. The lowest BCUT2D eigenvalue weighted by atomic mass is 10.2. The Kier molecular flexibility index (Phi) is 6.33. The molecule has 0 saturated heterocycles. The van der Waals surface area contributed by atoms with E-state index in [0.717, 1.165) is 11.4 Å². The third kappa shape index (κ3) is 4.93. The Morgan fingerprint density at radius 2 is 1.85 bits per heavy atom. The van der Waals surface area contributed by atoms with Crippen LogP contribution in [0.2, 0.25) is 0 Å². The van der Waals surface area contributed by atoms with Crippen LogP contribution in [0.3, 0.4) is 0 Å². The Morgan fingerprint density at radius 1 is 1.19 bits per heavy atom. The van der Waals surface area contributed by atoms with Gasteiger partial charge in [0.2, 0.25) is 0 Å². The molecule has 27 heavy (non-hydrogen) atoms. The summed E-state index contributed by atoms with van der Waals surface area (Å²) >= 11 is 0. The molecule has 0 aliphatic heterocycles. The third-order valence-electron chi connectivity index (χ3n) is 3.93. The number of urea groups is 1. The number of aromatic nitrogens is 1. The monoisotopic (exact) mass is 375 g/mol. The summed E-state index contributed by atoms with van der Waals surface area (Å²) < 4.78 is 20.4. The molecule has 1 heterocycles. The number of aryl methyl sites for hydroxylation is 1. The lowest BCUT2D eigenvalue weighted by molar-refractivity contribution is -0.123. The molecule has 0 saturated carbocycles. The highest BCUT2D eigenvalue weighted by Gasteiger charge is 2.19. The quantitative estimate of drug-likeness (QED) is 0.785. The fourth-order valence-corrected chi connectivity index (χ4v) is 2.87. The van der Waals surface area contributed by atoms with Crippen LogP contribution in [-0.4, -0.2) is 29.1 Å². The Morgan fingerprint density at radius 3 is 2.44 bits per heavy atom. The maximum Gasteiger partial charge on any atom is 0.340 e. The number of imide groups is 1. The predicted octanol–water partition coefficient (Wildman–Crippen LogP) is 3.33. The number of carbonyl (C=O) groups is 3. The number of nitrogens with one attached hydrogen (secondary N) is 2. The number of hydrogen-bond donors (Lipinski definition) is 2. The molecule has 3 amide bonds. The summed E-state index contributed by atoms with van der Waals surface area (Å²) in [5.74, 6) is -2.11. The molecule has 7 nitrogen and oxygen atoms in total. The number of carbonyl (C=O) groups excluding carboxylic acids is 3. The lowest BCUT2D eigenvalue weighted by Crippen LogP contribution is -2.37. The minimum Gasteiger partial charge on any atom is -0.452 e. The van der Waals surface area contributed by atoms with E-state index in [-0.39, 0.29) is 11.7 Å². The largest absolute Gasteiger partial charge is 0.452 e. The van der Waals surface area contributed by atoms with Gasteiger partial charge < -0.3 is 14.6 Å². The van der Waals surface area contributed by atoms with Crippen molar-refractivity contribution in [2.24, 2.45) is 0 Å². The van der Waals surface area contributed by atoms with Gasteiger partial charge in [0.05, 0.1) is 11.3 Å². The van der Waals surface area contributed by atoms with Crippen LogP contribution in [0, 0.1) is 19.7 Å². The zero-order valence-corrected chi connectivity index (χ0v) is 15.6. The first-order valence-corrected chi connectivity index (χ1v) is 8.41. The normalized spacial score (nSPS) is 10.6. The number of rotatable bonds is 5. The SMILES string of the molecule is Cc1cc(C(=O)OCC(=O)NC(=O)Nc2ccccc2F)c(C)n1C(C)C. The highest BCUT2D eigenvalue weighted by atomic mass is 19.1. The highest BCUT2D eigenvalue weighted by Crippen LogP contribution is 2.20. The number of benzene rings is 1. The smallest absolute Gasteiger partial charge is 0.340 e. The van der Waals surface area contributed by atoms with Gasteiger partial charge in [0.25, 0.3) is 5.91 Å². The lowest BCUT2D eigenvalue weighted by Gasteiger charge is -2.13. The summed E-state index contributed by atoms with van der Waals surface area (Å²) in [4.78, 5) is 35.7. The average molecular weight is 375 g/mol. The number of hydrogen-bond acceptors (Lipinski definition) is 4. The molecule has 144 valence electrons. The first-order chi connectivity index (χ1) is 12.7. The summed E-state index contributed by atoms with van der Waals surface area (Å²) in [5, 5.41) is 4.18. The first kappa shape index (κ1) is 20.2. The van der Waals surface area contributed by atoms with Gasteiger partial charge in [-0.15, -0.1) is 0 Å². The van der Waals surface area contributed by atoms with Crippen molar-refractivity contribution in [1.29, 1.82) is 0 Å². The summed E-state index contributed by atoms with van der Waals surface area (Å²) in [6.45, 7) is 7.04. The van der Waals surface area contributed by atoms with Crippen molar-refractivity contribution in [2.75, 3.05) is 11.9 Å².